The minimum absolute atomic E-state index is 0.195. The highest BCUT2D eigenvalue weighted by molar-refractivity contribution is 6.01. The number of rotatable bonds is 5. The molecule has 0 amide bonds. The molecule has 4 aromatic rings. The second kappa shape index (κ2) is 8.80. The number of oxazole rings is 1. The second-order valence-electron chi connectivity index (χ2n) is 9.46. The molecule has 1 fully saturated rings. The molecule has 3 aromatic carbocycles. The first-order chi connectivity index (χ1) is 17.4. The number of piperazine rings is 1. The number of nitrogens with one attached hydrogen (secondary N) is 1. The molecule has 6 rings (SSSR count). The minimum Gasteiger partial charge on any atom is -0.478 e. The Morgan fingerprint density at radius 2 is 1.83 bits per heavy atom. The van der Waals surface area contributed by atoms with Crippen LogP contribution >= 0.6 is 0 Å². The lowest BCUT2D eigenvalue weighted by molar-refractivity contribution is 0.0696. The van der Waals surface area contributed by atoms with Gasteiger partial charge in [-0.2, -0.15) is 4.98 Å². The SMILES string of the molecule is CN1CCN(c2cc(Nc3nc4cccc(-c5ccc6c(c5)CCC6=O)c4o3)cc(C(=O)O)c2)CC1. The average molecular weight is 483 g/mol. The molecule has 2 heterocycles. The molecule has 0 saturated carbocycles. The van der Waals surface area contributed by atoms with Crippen molar-refractivity contribution in [2.24, 2.45) is 0 Å². The van der Waals surface area contributed by atoms with Gasteiger partial charge < -0.3 is 24.6 Å². The van der Waals surface area contributed by atoms with Gasteiger partial charge >= 0.3 is 5.97 Å². The van der Waals surface area contributed by atoms with Crippen LogP contribution in [0.15, 0.2) is 59.0 Å². The Kier molecular flexibility index (Phi) is 5.45. The van der Waals surface area contributed by atoms with E-state index in [-0.39, 0.29) is 11.3 Å². The van der Waals surface area contributed by atoms with E-state index in [1.54, 1.807) is 12.1 Å². The first-order valence-electron chi connectivity index (χ1n) is 12.1. The Hall–Kier alpha value is -4.17. The number of benzene rings is 3. The lowest BCUT2D eigenvalue weighted by atomic mass is 10.00. The van der Waals surface area contributed by atoms with Crippen molar-refractivity contribution in [2.75, 3.05) is 43.4 Å². The summed E-state index contributed by atoms with van der Waals surface area (Å²) in [7, 11) is 2.09. The summed E-state index contributed by atoms with van der Waals surface area (Å²) in [5, 5.41) is 12.9. The summed E-state index contributed by atoms with van der Waals surface area (Å²) >= 11 is 0. The van der Waals surface area contributed by atoms with Crippen molar-refractivity contribution in [3.05, 3.63) is 71.3 Å². The second-order valence-corrected chi connectivity index (χ2v) is 9.46. The number of aromatic nitrogens is 1. The highest BCUT2D eigenvalue weighted by atomic mass is 16.4. The first kappa shape index (κ1) is 22.3. The smallest absolute Gasteiger partial charge is 0.335 e. The van der Waals surface area contributed by atoms with Crippen LogP contribution in [-0.2, 0) is 6.42 Å². The molecule has 0 bridgehead atoms. The molecule has 0 unspecified atom stereocenters. The molecule has 36 heavy (non-hydrogen) atoms. The van der Waals surface area contributed by atoms with Gasteiger partial charge in [0.05, 0.1) is 5.56 Å². The number of anilines is 3. The normalized spacial score (nSPS) is 15.9. The van der Waals surface area contributed by atoms with E-state index in [0.29, 0.717) is 29.2 Å². The molecule has 0 spiro atoms. The number of hydrogen-bond acceptors (Lipinski definition) is 7. The van der Waals surface area contributed by atoms with E-state index in [9.17, 15) is 14.7 Å². The molecule has 1 aromatic heterocycles. The Labute approximate surface area is 208 Å². The van der Waals surface area contributed by atoms with E-state index in [2.05, 4.69) is 33.2 Å². The van der Waals surface area contributed by atoms with Crippen molar-refractivity contribution in [3.63, 3.8) is 0 Å². The van der Waals surface area contributed by atoms with Crippen LogP contribution in [0.4, 0.5) is 17.4 Å². The van der Waals surface area contributed by atoms with Gasteiger partial charge in [-0.1, -0.05) is 30.3 Å². The molecule has 2 aliphatic rings. The molecular formula is C28H26N4O4. The fraction of sp³-hybridized carbons (Fsp3) is 0.250. The van der Waals surface area contributed by atoms with Crippen LogP contribution in [0.5, 0.6) is 0 Å². The average Bonchev–Trinajstić information content (AvgIpc) is 3.46. The summed E-state index contributed by atoms with van der Waals surface area (Å²) in [6, 6.07) is 17.2. The summed E-state index contributed by atoms with van der Waals surface area (Å²) in [4.78, 5) is 32.9. The number of hydrogen-bond donors (Lipinski definition) is 2. The minimum atomic E-state index is -0.982. The standard InChI is InChI=1S/C28H26N4O4/c1-31-9-11-32(12-10-31)21-15-19(27(34)35)14-20(16-21)29-28-30-24-4-2-3-23(26(24)36-28)18-5-7-22-17(13-18)6-8-25(22)33/h2-5,7,13-16H,6,8-12H2,1H3,(H,29,30)(H,34,35). The van der Waals surface area contributed by atoms with Crippen molar-refractivity contribution in [1.29, 1.82) is 0 Å². The van der Waals surface area contributed by atoms with Crippen molar-refractivity contribution in [3.8, 4) is 11.1 Å². The van der Waals surface area contributed by atoms with Gasteiger partial charge in [-0.3, -0.25) is 4.79 Å². The lowest BCUT2D eigenvalue weighted by Crippen LogP contribution is -2.44. The number of carboxylic acids is 1. The van der Waals surface area contributed by atoms with Crippen molar-refractivity contribution < 1.29 is 19.1 Å². The highest BCUT2D eigenvalue weighted by Crippen LogP contribution is 2.35. The number of Topliss-reactive ketones (excluding diaryl/α,β-unsaturated/α-hetero) is 1. The maximum Gasteiger partial charge on any atom is 0.335 e. The lowest BCUT2D eigenvalue weighted by Gasteiger charge is -2.34. The number of aryl methyl sites for hydroxylation is 1. The third-order valence-corrected chi connectivity index (χ3v) is 7.04. The van der Waals surface area contributed by atoms with Crippen LogP contribution in [0.25, 0.3) is 22.2 Å². The third kappa shape index (κ3) is 4.09. The molecule has 8 nitrogen and oxygen atoms in total. The van der Waals surface area contributed by atoms with Crippen LogP contribution in [0.3, 0.4) is 0 Å². The number of nitrogens with zero attached hydrogens (tertiary/aromatic N) is 3. The predicted molar refractivity (Wildman–Crippen MR) is 138 cm³/mol. The van der Waals surface area contributed by atoms with Gasteiger partial charge in [-0.05, 0) is 48.9 Å². The topological polar surface area (TPSA) is 98.9 Å². The number of aromatic carboxylic acids is 1. The van der Waals surface area contributed by atoms with E-state index in [1.807, 2.05) is 36.4 Å². The zero-order chi connectivity index (χ0) is 24.8. The number of fused-ring (bicyclic) bond motifs is 2. The van der Waals surface area contributed by atoms with E-state index < -0.39 is 5.97 Å². The fourth-order valence-corrected chi connectivity index (χ4v) is 5.03. The van der Waals surface area contributed by atoms with Gasteiger partial charge in [-0.15, -0.1) is 0 Å². The molecular weight excluding hydrogens is 456 g/mol. The highest BCUT2D eigenvalue weighted by Gasteiger charge is 2.21. The van der Waals surface area contributed by atoms with Crippen LogP contribution in [0.1, 0.15) is 32.7 Å². The number of ketones is 1. The van der Waals surface area contributed by atoms with E-state index >= 15 is 0 Å². The zero-order valence-corrected chi connectivity index (χ0v) is 20.0. The molecule has 1 saturated heterocycles. The molecule has 1 aliphatic heterocycles. The van der Waals surface area contributed by atoms with Gasteiger partial charge in [0.2, 0.25) is 0 Å². The molecule has 0 radical (unpaired) electrons. The van der Waals surface area contributed by atoms with E-state index in [0.717, 1.165) is 60.5 Å². The zero-order valence-electron chi connectivity index (χ0n) is 20.0. The Balaban J connectivity index is 1.33. The maximum absolute atomic E-state index is 12.0. The summed E-state index contributed by atoms with van der Waals surface area (Å²) in [6.07, 6.45) is 1.32. The van der Waals surface area contributed by atoms with E-state index in [4.69, 9.17) is 4.42 Å². The summed E-state index contributed by atoms with van der Waals surface area (Å²) in [5.74, 6) is -0.788. The maximum atomic E-state index is 12.0. The first-order valence-corrected chi connectivity index (χ1v) is 12.1. The number of carbonyl (C=O) groups excluding carboxylic acids is 1. The Morgan fingerprint density at radius 1 is 1.00 bits per heavy atom. The Bertz CT molecular complexity index is 1500. The molecule has 2 N–H and O–H groups in total. The van der Waals surface area contributed by atoms with Gasteiger partial charge in [0, 0.05) is 55.1 Å². The Morgan fingerprint density at radius 3 is 2.64 bits per heavy atom. The van der Waals surface area contributed by atoms with Gasteiger partial charge in [-0.25, -0.2) is 4.79 Å². The number of carbonyl (C=O) groups is 2. The fourth-order valence-electron chi connectivity index (χ4n) is 5.03. The van der Waals surface area contributed by atoms with Crippen molar-refractivity contribution >= 4 is 40.2 Å². The summed E-state index contributed by atoms with van der Waals surface area (Å²) in [5.41, 5.74) is 6.74. The van der Waals surface area contributed by atoms with Crippen LogP contribution in [0, 0.1) is 0 Å². The van der Waals surface area contributed by atoms with Gasteiger partial charge in [0.25, 0.3) is 6.01 Å². The molecule has 182 valence electrons. The molecule has 1 aliphatic carbocycles. The number of carboxylic acid groups (broad SMARTS) is 1. The third-order valence-electron chi connectivity index (χ3n) is 7.04. The van der Waals surface area contributed by atoms with Gasteiger partial charge in [0.1, 0.15) is 5.52 Å². The van der Waals surface area contributed by atoms with Crippen LogP contribution in [0.2, 0.25) is 0 Å². The number of para-hydroxylation sites is 1. The van der Waals surface area contributed by atoms with Crippen LogP contribution < -0.4 is 10.2 Å². The van der Waals surface area contributed by atoms with E-state index in [1.165, 1.54) is 0 Å². The van der Waals surface area contributed by atoms with Gasteiger partial charge in [0.15, 0.2) is 11.4 Å². The van der Waals surface area contributed by atoms with Crippen LogP contribution in [-0.4, -0.2) is 60.0 Å². The predicted octanol–water partition coefficient (Wildman–Crippen LogP) is 4.82. The monoisotopic (exact) mass is 482 g/mol. The quantitative estimate of drug-likeness (QED) is 0.418. The van der Waals surface area contributed by atoms with Crippen molar-refractivity contribution in [2.45, 2.75) is 12.8 Å². The number of likely N-dealkylation sites (N-methyl/N-ethyl adjacent to an activating group) is 1. The molecule has 8 heteroatoms. The molecule has 0 atom stereocenters. The summed E-state index contributed by atoms with van der Waals surface area (Å²) in [6.45, 7) is 3.50. The van der Waals surface area contributed by atoms with Crippen molar-refractivity contribution in [1.82, 2.24) is 9.88 Å². The largest absolute Gasteiger partial charge is 0.478 e. The summed E-state index contributed by atoms with van der Waals surface area (Å²) < 4.78 is 6.14.